The first-order valence-electron chi connectivity index (χ1n) is 7.38. The number of carboxylic acid groups (broad SMARTS) is 1. The van der Waals surface area contributed by atoms with E-state index in [4.69, 9.17) is 5.11 Å². The Labute approximate surface area is 136 Å². The number of rotatable bonds is 8. The van der Waals surface area contributed by atoms with Gasteiger partial charge in [0, 0.05) is 0 Å². The Morgan fingerprint density at radius 3 is 2.35 bits per heavy atom. The molecule has 1 amide bonds. The number of sulfone groups is 1. The van der Waals surface area contributed by atoms with Crippen LogP contribution in [0.25, 0.3) is 0 Å². The lowest BCUT2D eigenvalue weighted by Gasteiger charge is -2.19. The number of carbonyl (C=O) groups excluding carboxylic acids is 1. The van der Waals surface area contributed by atoms with Crippen LogP contribution in [0.1, 0.15) is 37.4 Å². The van der Waals surface area contributed by atoms with Crippen molar-refractivity contribution in [2.24, 2.45) is 5.92 Å². The SMILES string of the molecule is Cc1ccccc1C(CC(=O)O)NC(=O)CS(=O)(=O)CC(C)C. The van der Waals surface area contributed by atoms with Gasteiger partial charge in [0.05, 0.1) is 18.2 Å². The molecule has 0 radical (unpaired) electrons. The van der Waals surface area contributed by atoms with Gasteiger partial charge in [0.2, 0.25) is 5.91 Å². The van der Waals surface area contributed by atoms with Crippen LogP contribution >= 0.6 is 0 Å². The molecule has 7 heteroatoms. The van der Waals surface area contributed by atoms with Crippen LogP contribution in [0.3, 0.4) is 0 Å². The van der Waals surface area contributed by atoms with E-state index in [1.165, 1.54) is 0 Å². The maximum atomic E-state index is 12.0. The van der Waals surface area contributed by atoms with Crippen molar-refractivity contribution < 1.29 is 23.1 Å². The summed E-state index contributed by atoms with van der Waals surface area (Å²) in [5.41, 5.74) is 1.51. The van der Waals surface area contributed by atoms with Gasteiger partial charge in [-0.2, -0.15) is 0 Å². The lowest BCUT2D eigenvalue weighted by molar-refractivity contribution is -0.137. The van der Waals surface area contributed by atoms with Gasteiger partial charge in [-0.3, -0.25) is 9.59 Å². The van der Waals surface area contributed by atoms with Crippen LogP contribution in [0, 0.1) is 12.8 Å². The first-order valence-corrected chi connectivity index (χ1v) is 9.20. The molecule has 0 saturated heterocycles. The number of carboxylic acids is 1. The van der Waals surface area contributed by atoms with E-state index in [1.54, 1.807) is 26.0 Å². The van der Waals surface area contributed by atoms with Gasteiger partial charge in [0.15, 0.2) is 9.84 Å². The van der Waals surface area contributed by atoms with E-state index < -0.39 is 33.5 Å². The second kappa shape index (κ2) is 8.10. The van der Waals surface area contributed by atoms with E-state index in [1.807, 2.05) is 19.1 Å². The maximum Gasteiger partial charge on any atom is 0.305 e. The van der Waals surface area contributed by atoms with E-state index in [2.05, 4.69) is 5.32 Å². The average molecular weight is 341 g/mol. The fourth-order valence-corrected chi connectivity index (χ4v) is 4.01. The van der Waals surface area contributed by atoms with Crippen LogP contribution in [0.4, 0.5) is 0 Å². The zero-order valence-corrected chi connectivity index (χ0v) is 14.4. The van der Waals surface area contributed by atoms with Crippen LogP contribution in [-0.2, 0) is 19.4 Å². The Balaban J connectivity index is 2.88. The molecule has 0 fully saturated rings. The van der Waals surface area contributed by atoms with E-state index >= 15 is 0 Å². The second-order valence-corrected chi connectivity index (χ2v) is 8.13. The number of carbonyl (C=O) groups is 2. The van der Waals surface area contributed by atoms with Gasteiger partial charge in [-0.1, -0.05) is 38.1 Å². The van der Waals surface area contributed by atoms with Crippen molar-refractivity contribution in [2.75, 3.05) is 11.5 Å². The van der Waals surface area contributed by atoms with Crippen molar-refractivity contribution in [2.45, 2.75) is 33.2 Å². The fraction of sp³-hybridized carbons (Fsp3) is 0.500. The molecule has 1 aromatic carbocycles. The Bertz CT molecular complexity index is 667. The Kier molecular flexibility index (Phi) is 6.75. The molecule has 0 bridgehead atoms. The van der Waals surface area contributed by atoms with Crippen molar-refractivity contribution in [3.8, 4) is 0 Å². The summed E-state index contributed by atoms with van der Waals surface area (Å²) in [6.45, 7) is 5.33. The molecule has 6 nitrogen and oxygen atoms in total. The average Bonchev–Trinajstić information content (AvgIpc) is 2.35. The third-order valence-electron chi connectivity index (χ3n) is 3.22. The predicted molar refractivity (Wildman–Crippen MR) is 87.8 cm³/mol. The third kappa shape index (κ3) is 6.81. The van der Waals surface area contributed by atoms with Crippen molar-refractivity contribution >= 4 is 21.7 Å². The van der Waals surface area contributed by atoms with E-state index in [-0.39, 0.29) is 18.1 Å². The first kappa shape index (κ1) is 19.2. The Morgan fingerprint density at radius 1 is 1.22 bits per heavy atom. The molecule has 128 valence electrons. The molecular formula is C16H23NO5S. The van der Waals surface area contributed by atoms with Crippen LogP contribution in [0.2, 0.25) is 0 Å². The zero-order chi connectivity index (χ0) is 17.6. The molecule has 1 rings (SSSR count). The Hall–Kier alpha value is -1.89. The van der Waals surface area contributed by atoms with Crippen LogP contribution < -0.4 is 5.32 Å². The minimum Gasteiger partial charge on any atom is -0.481 e. The highest BCUT2D eigenvalue weighted by molar-refractivity contribution is 7.92. The van der Waals surface area contributed by atoms with Crippen molar-refractivity contribution in [1.82, 2.24) is 5.32 Å². The molecule has 2 N–H and O–H groups in total. The van der Waals surface area contributed by atoms with Crippen molar-refractivity contribution in [3.63, 3.8) is 0 Å². The summed E-state index contributed by atoms with van der Waals surface area (Å²) in [7, 11) is -3.51. The smallest absolute Gasteiger partial charge is 0.305 e. The van der Waals surface area contributed by atoms with Gasteiger partial charge in [-0.25, -0.2) is 8.42 Å². The molecule has 0 spiro atoms. The van der Waals surface area contributed by atoms with Crippen LogP contribution in [0.5, 0.6) is 0 Å². The summed E-state index contributed by atoms with van der Waals surface area (Å²) in [6.07, 6.45) is -0.305. The van der Waals surface area contributed by atoms with Crippen molar-refractivity contribution in [3.05, 3.63) is 35.4 Å². The quantitative estimate of drug-likeness (QED) is 0.749. The summed E-state index contributed by atoms with van der Waals surface area (Å²) < 4.78 is 23.8. The number of aryl methyl sites for hydroxylation is 1. The van der Waals surface area contributed by atoms with Gasteiger partial charge in [0.1, 0.15) is 5.75 Å². The predicted octanol–water partition coefficient (Wildman–Crippen LogP) is 1.70. The number of hydrogen-bond acceptors (Lipinski definition) is 4. The van der Waals surface area contributed by atoms with Gasteiger partial charge < -0.3 is 10.4 Å². The molecule has 0 aromatic heterocycles. The third-order valence-corrected chi connectivity index (χ3v) is 5.09. The standard InChI is InChI=1S/C16H23NO5S/c1-11(2)9-23(21,22)10-15(18)17-14(8-16(19)20)13-7-5-4-6-12(13)3/h4-7,11,14H,8-10H2,1-3H3,(H,17,18)(H,19,20). The fourth-order valence-electron chi connectivity index (χ4n) is 2.39. The topological polar surface area (TPSA) is 101 Å². The molecule has 1 unspecified atom stereocenters. The minimum absolute atomic E-state index is 0.0704. The number of benzene rings is 1. The minimum atomic E-state index is -3.51. The zero-order valence-electron chi connectivity index (χ0n) is 13.6. The molecule has 0 saturated carbocycles. The summed E-state index contributed by atoms with van der Waals surface area (Å²) in [6, 6.07) is 6.35. The highest BCUT2D eigenvalue weighted by atomic mass is 32.2. The van der Waals surface area contributed by atoms with Crippen LogP contribution in [-0.4, -0.2) is 36.9 Å². The molecule has 1 aromatic rings. The summed E-state index contributed by atoms with van der Waals surface area (Å²) >= 11 is 0. The van der Waals surface area contributed by atoms with E-state index in [0.717, 1.165) is 5.56 Å². The molecule has 1 atom stereocenters. The molecule has 0 heterocycles. The summed E-state index contributed by atoms with van der Waals surface area (Å²) in [5.74, 6) is -2.52. The van der Waals surface area contributed by atoms with Gasteiger partial charge in [-0.15, -0.1) is 0 Å². The lowest BCUT2D eigenvalue weighted by Crippen LogP contribution is -2.36. The normalized spacial score (nSPS) is 12.9. The lowest BCUT2D eigenvalue weighted by atomic mass is 9.99. The van der Waals surface area contributed by atoms with Gasteiger partial charge >= 0.3 is 5.97 Å². The van der Waals surface area contributed by atoms with Crippen molar-refractivity contribution in [1.29, 1.82) is 0 Å². The molecule has 0 aliphatic rings. The monoisotopic (exact) mass is 341 g/mol. The molecule has 0 aliphatic carbocycles. The first-order chi connectivity index (χ1) is 10.6. The number of aliphatic carboxylic acids is 1. The summed E-state index contributed by atoms with van der Waals surface area (Å²) in [5, 5.41) is 11.6. The second-order valence-electron chi connectivity index (χ2n) is 6.02. The number of amides is 1. The summed E-state index contributed by atoms with van der Waals surface area (Å²) in [4.78, 5) is 23.1. The van der Waals surface area contributed by atoms with Crippen LogP contribution in [0.15, 0.2) is 24.3 Å². The largest absolute Gasteiger partial charge is 0.481 e. The van der Waals surface area contributed by atoms with Gasteiger partial charge in [0.25, 0.3) is 0 Å². The van der Waals surface area contributed by atoms with Gasteiger partial charge in [-0.05, 0) is 24.0 Å². The molecule has 23 heavy (non-hydrogen) atoms. The van der Waals surface area contributed by atoms with E-state index in [9.17, 15) is 18.0 Å². The molecule has 0 aliphatic heterocycles. The number of hydrogen-bond donors (Lipinski definition) is 2. The highest BCUT2D eigenvalue weighted by Crippen LogP contribution is 2.20. The maximum absolute atomic E-state index is 12.0. The Morgan fingerprint density at radius 2 is 1.83 bits per heavy atom. The molecular weight excluding hydrogens is 318 g/mol. The highest BCUT2D eigenvalue weighted by Gasteiger charge is 2.23. The van der Waals surface area contributed by atoms with E-state index in [0.29, 0.717) is 5.56 Å². The number of nitrogens with one attached hydrogen (secondary N) is 1.